The van der Waals surface area contributed by atoms with E-state index >= 15 is 0 Å². The Labute approximate surface area is 109 Å². The standard InChI is InChI=1S/C10H11ClN2OS2/c1-7(14)4-5-16-10(15)13-9-3-2-8(11)6-12-9/h2-3,6H,4-5H2,1H3,(H,12,13,15). The molecule has 1 aromatic rings. The third-order valence-corrected chi connectivity index (χ3v) is 3.10. The van der Waals surface area contributed by atoms with Gasteiger partial charge in [-0.1, -0.05) is 35.6 Å². The Kier molecular flexibility index (Phi) is 5.73. The van der Waals surface area contributed by atoms with Crippen LogP contribution in [0, 0.1) is 0 Å². The highest BCUT2D eigenvalue weighted by Crippen LogP contribution is 2.13. The number of pyridine rings is 1. The number of aromatic nitrogens is 1. The number of anilines is 1. The number of halogens is 1. The lowest BCUT2D eigenvalue weighted by atomic mass is 10.4. The molecule has 0 aliphatic carbocycles. The molecule has 86 valence electrons. The molecule has 0 radical (unpaired) electrons. The van der Waals surface area contributed by atoms with Crippen LogP contribution >= 0.6 is 35.6 Å². The average Bonchev–Trinajstić information content (AvgIpc) is 2.21. The van der Waals surface area contributed by atoms with Gasteiger partial charge in [0.05, 0.1) is 5.02 Å². The van der Waals surface area contributed by atoms with Crippen LogP contribution in [0.15, 0.2) is 18.3 Å². The van der Waals surface area contributed by atoms with Crippen LogP contribution in [-0.4, -0.2) is 20.8 Å². The summed E-state index contributed by atoms with van der Waals surface area (Å²) >= 11 is 12.2. The fourth-order valence-electron chi connectivity index (χ4n) is 0.878. The number of thioether (sulfide) groups is 1. The van der Waals surface area contributed by atoms with E-state index in [4.69, 9.17) is 23.8 Å². The minimum absolute atomic E-state index is 0.167. The van der Waals surface area contributed by atoms with Crippen molar-refractivity contribution >= 4 is 51.5 Å². The summed E-state index contributed by atoms with van der Waals surface area (Å²) in [6.07, 6.45) is 2.08. The average molecular weight is 275 g/mol. The molecule has 3 nitrogen and oxygen atoms in total. The molecule has 1 aromatic heterocycles. The summed E-state index contributed by atoms with van der Waals surface area (Å²) in [7, 11) is 0. The van der Waals surface area contributed by atoms with Gasteiger partial charge >= 0.3 is 0 Å². The minimum Gasteiger partial charge on any atom is -0.326 e. The molecule has 1 rings (SSSR count). The number of hydrogen-bond donors (Lipinski definition) is 1. The van der Waals surface area contributed by atoms with Gasteiger partial charge in [-0.3, -0.25) is 4.79 Å². The van der Waals surface area contributed by atoms with Gasteiger partial charge in [-0.15, -0.1) is 0 Å². The molecular weight excluding hydrogens is 264 g/mol. The Hall–Kier alpha value is -0.650. The molecule has 1 heterocycles. The van der Waals surface area contributed by atoms with Crippen molar-refractivity contribution < 1.29 is 4.79 Å². The molecule has 16 heavy (non-hydrogen) atoms. The van der Waals surface area contributed by atoms with Gasteiger partial charge in [-0.25, -0.2) is 4.98 Å². The normalized spacial score (nSPS) is 9.88. The van der Waals surface area contributed by atoms with Crippen molar-refractivity contribution in [3.63, 3.8) is 0 Å². The van der Waals surface area contributed by atoms with Crippen LogP contribution in [0.25, 0.3) is 0 Å². The number of ketones is 1. The van der Waals surface area contributed by atoms with Crippen LogP contribution in [0.5, 0.6) is 0 Å². The Morgan fingerprint density at radius 1 is 1.62 bits per heavy atom. The second-order valence-corrected chi connectivity index (χ2v) is 5.28. The van der Waals surface area contributed by atoms with Crippen LogP contribution in [0.2, 0.25) is 5.02 Å². The van der Waals surface area contributed by atoms with Crippen molar-refractivity contribution in [2.75, 3.05) is 11.1 Å². The lowest BCUT2D eigenvalue weighted by molar-refractivity contribution is -0.116. The molecule has 0 atom stereocenters. The maximum absolute atomic E-state index is 10.7. The highest BCUT2D eigenvalue weighted by molar-refractivity contribution is 8.23. The second kappa shape index (κ2) is 6.83. The molecule has 0 spiro atoms. The number of hydrogen-bond acceptors (Lipinski definition) is 4. The van der Waals surface area contributed by atoms with Crippen LogP contribution in [0.1, 0.15) is 13.3 Å². The van der Waals surface area contributed by atoms with Crippen LogP contribution in [0.3, 0.4) is 0 Å². The maximum Gasteiger partial charge on any atom is 0.139 e. The number of carbonyl (C=O) groups is 1. The molecule has 0 saturated heterocycles. The second-order valence-electron chi connectivity index (χ2n) is 3.07. The first kappa shape index (κ1) is 13.4. The molecule has 6 heteroatoms. The molecule has 0 aliphatic rings. The van der Waals surface area contributed by atoms with Gasteiger partial charge in [0, 0.05) is 18.4 Å². The van der Waals surface area contributed by atoms with Gasteiger partial charge in [0.25, 0.3) is 0 Å². The number of carbonyl (C=O) groups excluding carboxylic acids is 1. The van der Waals surface area contributed by atoms with Gasteiger partial charge in [0.2, 0.25) is 0 Å². The van der Waals surface area contributed by atoms with Crippen molar-refractivity contribution in [2.45, 2.75) is 13.3 Å². The fourth-order valence-corrected chi connectivity index (χ4v) is 2.10. The topological polar surface area (TPSA) is 42.0 Å². The molecule has 0 amide bonds. The number of Topliss-reactive ketones (excluding diaryl/α,β-unsaturated/α-hetero) is 1. The summed E-state index contributed by atoms with van der Waals surface area (Å²) in [5.74, 6) is 1.51. The number of nitrogens with zero attached hydrogens (tertiary/aromatic N) is 1. The molecule has 1 N–H and O–H groups in total. The lowest BCUT2D eigenvalue weighted by Gasteiger charge is -2.05. The van der Waals surface area contributed by atoms with Crippen LogP contribution < -0.4 is 5.32 Å². The van der Waals surface area contributed by atoms with Crippen molar-refractivity contribution in [1.29, 1.82) is 0 Å². The quantitative estimate of drug-likeness (QED) is 0.855. The van der Waals surface area contributed by atoms with E-state index in [0.717, 1.165) is 0 Å². The third-order valence-electron chi connectivity index (χ3n) is 1.64. The van der Waals surface area contributed by atoms with E-state index in [0.29, 0.717) is 27.3 Å². The molecule has 0 saturated carbocycles. The monoisotopic (exact) mass is 274 g/mol. The highest BCUT2D eigenvalue weighted by Gasteiger charge is 2.01. The van der Waals surface area contributed by atoms with Crippen LogP contribution in [0.4, 0.5) is 5.82 Å². The van der Waals surface area contributed by atoms with Gasteiger partial charge in [0.1, 0.15) is 15.9 Å². The molecule has 0 unspecified atom stereocenters. The fraction of sp³-hybridized carbons (Fsp3) is 0.300. The summed E-state index contributed by atoms with van der Waals surface area (Å²) in [6, 6.07) is 3.49. The van der Waals surface area contributed by atoms with E-state index < -0.39 is 0 Å². The Morgan fingerprint density at radius 3 is 2.94 bits per heavy atom. The molecule has 0 aliphatic heterocycles. The molecule has 0 aromatic carbocycles. The Balaban J connectivity index is 2.34. The van der Waals surface area contributed by atoms with E-state index in [9.17, 15) is 4.79 Å². The maximum atomic E-state index is 10.7. The molecule has 0 fully saturated rings. The van der Waals surface area contributed by atoms with Crippen LogP contribution in [-0.2, 0) is 4.79 Å². The molecular formula is C10H11ClN2OS2. The van der Waals surface area contributed by atoms with Gasteiger partial charge < -0.3 is 5.32 Å². The predicted molar refractivity (Wildman–Crippen MR) is 73.2 cm³/mol. The predicted octanol–water partition coefficient (Wildman–Crippen LogP) is 3.14. The first-order valence-electron chi connectivity index (χ1n) is 4.62. The van der Waals surface area contributed by atoms with Gasteiger partial charge in [-0.2, -0.15) is 0 Å². The van der Waals surface area contributed by atoms with E-state index in [2.05, 4.69) is 10.3 Å². The lowest BCUT2D eigenvalue weighted by Crippen LogP contribution is -2.07. The first-order valence-corrected chi connectivity index (χ1v) is 6.40. The van der Waals surface area contributed by atoms with Crippen molar-refractivity contribution in [2.24, 2.45) is 0 Å². The zero-order valence-electron chi connectivity index (χ0n) is 8.70. The summed E-state index contributed by atoms with van der Waals surface area (Å²) in [5, 5.41) is 3.54. The zero-order valence-corrected chi connectivity index (χ0v) is 11.1. The smallest absolute Gasteiger partial charge is 0.139 e. The highest BCUT2D eigenvalue weighted by atomic mass is 35.5. The van der Waals surface area contributed by atoms with Crippen molar-refractivity contribution in [3.05, 3.63) is 23.4 Å². The number of rotatable bonds is 4. The Bertz CT molecular complexity index is 381. The van der Waals surface area contributed by atoms with E-state index in [-0.39, 0.29) is 5.78 Å². The number of nitrogens with one attached hydrogen (secondary N) is 1. The summed E-state index contributed by atoms with van der Waals surface area (Å²) in [4.78, 5) is 14.8. The Morgan fingerprint density at radius 2 is 2.38 bits per heavy atom. The van der Waals surface area contributed by atoms with Crippen molar-refractivity contribution in [3.8, 4) is 0 Å². The summed E-state index contributed by atoms with van der Waals surface area (Å²) in [6.45, 7) is 1.57. The van der Waals surface area contributed by atoms with E-state index in [1.165, 1.54) is 11.8 Å². The zero-order chi connectivity index (χ0) is 12.0. The van der Waals surface area contributed by atoms with Gasteiger partial charge in [-0.05, 0) is 19.1 Å². The van der Waals surface area contributed by atoms with Gasteiger partial charge in [0.15, 0.2) is 0 Å². The number of thiocarbonyl (C=S) groups is 1. The van der Waals surface area contributed by atoms with E-state index in [1.807, 2.05) is 0 Å². The van der Waals surface area contributed by atoms with Crippen molar-refractivity contribution in [1.82, 2.24) is 4.98 Å². The summed E-state index contributed by atoms with van der Waals surface area (Å²) < 4.78 is 0.607. The SMILES string of the molecule is CC(=O)CCSC(=S)Nc1ccc(Cl)cn1. The van der Waals surface area contributed by atoms with E-state index in [1.54, 1.807) is 25.3 Å². The minimum atomic E-state index is 0.167. The third kappa shape index (κ3) is 5.44. The molecule has 0 bridgehead atoms. The summed E-state index contributed by atoms with van der Waals surface area (Å²) in [5.41, 5.74) is 0. The largest absolute Gasteiger partial charge is 0.326 e. The first-order chi connectivity index (χ1) is 7.58.